The second kappa shape index (κ2) is 4.78. The van der Waals surface area contributed by atoms with Gasteiger partial charge in [-0.3, -0.25) is 4.79 Å². The van der Waals surface area contributed by atoms with Crippen molar-refractivity contribution in [1.82, 2.24) is 4.90 Å². The molecule has 1 aliphatic heterocycles. The van der Waals surface area contributed by atoms with E-state index in [0.29, 0.717) is 6.04 Å². The molecule has 92 valence electrons. The lowest BCUT2D eigenvalue weighted by molar-refractivity contribution is -0.127. The largest absolute Gasteiger partial charge is 0.380 e. The lowest BCUT2D eigenvalue weighted by atomic mass is 10.1. The molecule has 0 aromatic heterocycles. The highest BCUT2D eigenvalue weighted by atomic mass is 16.2. The zero-order valence-corrected chi connectivity index (χ0v) is 10.8. The van der Waals surface area contributed by atoms with Crippen molar-refractivity contribution in [3.63, 3.8) is 0 Å². The van der Waals surface area contributed by atoms with Crippen molar-refractivity contribution < 1.29 is 4.79 Å². The zero-order valence-electron chi connectivity index (χ0n) is 10.8. The smallest absolute Gasteiger partial charge is 0.219 e. The fraction of sp³-hybridized carbons (Fsp3) is 0.500. The topological polar surface area (TPSA) is 32.3 Å². The van der Waals surface area contributed by atoms with Gasteiger partial charge in [-0.25, -0.2) is 0 Å². The van der Waals surface area contributed by atoms with Gasteiger partial charge >= 0.3 is 0 Å². The summed E-state index contributed by atoms with van der Waals surface area (Å²) in [7, 11) is 0. The van der Waals surface area contributed by atoms with E-state index < -0.39 is 0 Å². The van der Waals surface area contributed by atoms with Crippen LogP contribution in [0.1, 0.15) is 24.5 Å². The Bertz CT molecular complexity index is 408. The molecule has 1 fully saturated rings. The number of nitrogens with one attached hydrogen (secondary N) is 1. The Morgan fingerprint density at radius 1 is 1.29 bits per heavy atom. The number of rotatable bonds is 2. The van der Waals surface area contributed by atoms with Crippen molar-refractivity contribution >= 4 is 11.6 Å². The third kappa shape index (κ3) is 2.99. The lowest BCUT2D eigenvalue weighted by Gasteiger charge is -2.16. The Morgan fingerprint density at radius 3 is 2.47 bits per heavy atom. The Labute approximate surface area is 103 Å². The van der Waals surface area contributed by atoms with Crippen LogP contribution in [0, 0.1) is 13.8 Å². The van der Waals surface area contributed by atoms with Gasteiger partial charge in [0.1, 0.15) is 0 Å². The van der Waals surface area contributed by atoms with Crippen LogP contribution in [-0.2, 0) is 4.79 Å². The zero-order chi connectivity index (χ0) is 12.4. The molecule has 1 saturated heterocycles. The van der Waals surface area contributed by atoms with E-state index in [1.807, 2.05) is 4.90 Å². The third-order valence-electron chi connectivity index (χ3n) is 3.23. The average molecular weight is 232 g/mol. The van der Waals surface area contributed by atoms with E-state index in [4.69, 9.17) is 0 Å². The maximum atomic E-state index is 11.3. The molecule has 0 bridgehead atoms. The molecular weight excluding hydrogens is 212 g/mol. The summed E-state index contributed by atoms with van der Waals surface area (Å²) in [5.74, 6) is 0.176. The standard InChI is InChI=1S/C14H20N2O/c1-10-6-11(2)8-14(7-10)15-13-4-5-16(9-13)12(3)17/h6-8,13,15H,4-5,9H2,1-3H3. The minimum atomic E-state index is 0.176. The monoisotopic (exact) mass is 232 g/mol. The van der Waals surface area contributed by atoms with E-state index in [1.165, 1.54) is 11.1 Å². The van der Waals surface area contributed by atoms with Crippen molar-refractivity contribution in [2.24, 2.45) is 0 Å². The lowest BCUT2D eigenvalue weighted by Crippen LogP contribution is -2.29. The third-order valence-corrected chi connectivity index (χ3v) is 3.23. The minimum absolute atomic E-state index is 0.176. The summed E-state index contributed by atoms with van der Waals surface area (Å²) >= 11 is 0. The van der Waals surface area contributed by atoms with Crippen molar-refractivity contribution in [2.45, 2.75) is 33.2 Å². The predicted octanol–water partition coefficient (Wildman–Crippen LogP) is 2.34. The summed E-state index contributed by atoms with van der Waals surface area (Å²) in [5, 5.41) is 3.51. The molecule has 1 amide bonds. The fourth-order valence-electron chi connectivity index (χ4n) is 2.46. The SMILES string of the molecule is CC(=O)N1CCC(Nc2cc(C)cc(C)c2)C1. The highest BCUT2D eigenvalue weighted by Gasteiger charge is 2.23. The van der Waals surface area contributed by atoms with Crippen LogP contribution in [0.4, 0.5) is 5.69 Å². The van der Waals surface area contributed by atoms with E-state index in [-0.39, 0.29) is 5.91 Å². The van der Waals surface area contributed by atoms with Gasteiger partial charge in [0.25, 0.3) is 0 Å². The van der Waals surface area contributed by atoms with Gasteiger partial charge in [0.05, 0.1) is 0 Å². The van der Waals surface area contributed by atoms with Gasteiger partial charge in [0.15, 0.2) is 0 Å². The van der Waals surface area contributed by atoms with Crippen molar-refractivity contribution in [3.05, 3.63) is 29.3 Å². The van der Waals surface area contributed by atoms with Crippen LogP contribution >= 0.6 is 0 Å². The van der Waals surface area contributed by atoms with E-state index >= 15 is 0 Å². The predicted molar refractivity (Wildman–Crippen MR) is 70.2 cm³/mol. The van der Waals surface area contributed by atoms with E-state index in [1.54, 1.807) is 6.92 Å². The molecule has 3 heteroatoms. The average Bonchev–Trinajstić information content (AvgIpc) is 2.64. The van der Waals surface area contributed by atoms with Gasteiger partial charge in [-0.2, -0.15) is 0 Å². The van der Waals surface area contributed by atoms with Crippen LogP contribution in [0.2, 0.25) is 0 Å². The van der Waals surface area contributed by atoms with E-state index in [2.05, 4.69) is 37.4 Å². The summed E-state index contributed by atoms with van der Waals surface area (Å²) in [6.45, 7) is 7.54. The number of hydrogen-bond donors (Lipinski definition) is 1. The van der Waals surface area contributed by atoms with Crippen molar-refractivity contribution in [3.8, 4) is 0 Å². The summed E-state index contributed by atoms with van der Waals surface area (Å²) in [6.07, 6.45) is 1.03. The van der Waals surface area contributed by atoms with Gasteiger partial charge in [-0.1, -0.05) is 6.07 Å². The maximum absolute atomic E-state index is 11.3. The van der Waals surface area contributed by atoms with E-state index in [0.717, 1.165) is 25.2 Å². The number of amides is 1. The number of carbonyl (C=O) groups is 1. The fourth-order valence-corrected chi connectivity index (χ4v) is 2.46. The number of benzene rings is 1. The van der Waals surface area contributed by atoms with Gasteiger partial charge in [-0.15, -0.1) is 0 Å². The normalized spacial score (nSPS) is 19.5. The van der Waals surface area contributed by atoms with Gasteiger partial charge < -0.3 is 10.2 Å². The van der Waals surface area contributed by atoms with Crippen LogP contribution < -0.4 is 5.32 Å². The Hall–Kier alpha value is -1.51. The Balaban J connectivity index is 2.00. The van der Waals surface area contributed by atoms with Crippen LogP contribution in [0.15, 0.2) is 18.2 Å². The molecule has 3 nitrogen and oxygen atoms in total. The Morgan fingerprint density at radius 2 is 1.94 bits per heavy atom. The second-order valence-corrected chi connectivity index (χ2v) is 4.97. The maximum Gasteiger partial charge on any atom is 0.219 e. The highest BCUT2D eigenvalue weighted by molar-refractivity contribution is 5.73. The quantitative estimate of drug-likeness (QED) is 0.848. The van der Waals surface area contributed by atoms with Crippen molar-refractivity contribution in [1.29, 1.82) is 0 Å². The number of nitrogens with zero attached hydrogens (tertiary/aromatic N) is 1. The number of hydrogen-bond acceptors (Lipinski definition) is 2. The summed E-state index contributed by atoms with van der Waals surface area (Å²) in [5.41, 5.74) is 3.71. The van der Waals surface area contributed by atoms with E-state index in [9.17, 15) is 4.79 Å². The van der Waals surface area contributed by atoms with Crippen LogP contribution in [0.25, 0.3) is 0 Å². The molecule has 1 aromatic rings. The number of anilines is 1. The first kappa shape index (κ1) is 12.0. The molecule has 0 saturated carbocycles. The summed E-state index contributed by atoms with van der Waals surface area (Å²) in [4.78, 5) is 13.2. The first-order chi connectivity index (χ1) is 8.04. The molecule has 2 rings (SSSR count). The van der Waals surface area contributed by atoms with Crippen molar-refractivity contribution in [2.75, 3.05) is 18.4 Å². The molecule has 1 heterocycles. The second-order valence-electron chi connectivity index (χ2n) is 4.97. The summed E-state index contributed by atoms with van der Waals surface area (Å²) in [6, 6.07) is 6.87. The molecule has 17 heavy (non-hydrogen) atoms. The molecule has 0 spiro atoms. The van der Waals surface area contributed by atoms with Gasteiger partial charge in [0.2, 0.25) is 5.91 Å². The molecule has 1 aromatic carbocycles. The number of likely N-dealkylation sites (tertiary alicyclic amines) is 1. The van der Waals surface area contributed by atoms with Crippen LogP contribution in [0.5, 0.6) is 0 Å². The molecule has 1 aliphatic rings. The minimum Gasteiger partial charge on any atom is -0.380 e. The molecule has 0 aliphatic carbocycles. The molecule has 1 atom stereocenters. The highest BCUT2D eigenvalue weighted by Crippen LogP contribution is 2.18. The first-order valence-corrected chi connectivity index (χ1v) is 6.15. The van der Waals surface area contributed by atoms with Gasteiger partial charge in [0, 0.05) is 31.7 Å². The molecular formula is C14H20N2O. The number of aryl methyl sites for hydroxylation is 2. The van der Waals surface area contributed by atoms with Crippen LogP contribution in [0.3, 0.4) is 0 Å². The number of carbonyl (C=O) groups excluding carboxylic acids is 1. The van der Waals surface area contributed by atoms with Gasteiger partial charge in [-0.05, 0) is 43.5 Å². The Kier molecular flexibility index (Phi) is 3.36. The van der Waals surface area contributed by atoms with Crippen LogP contribution in [-0.4, -0.2) is 29.9 Å². The molecule has 0 radical (unpaired) electrons. The summed E-state index contributed by atoms with van der Waals surface area (Å²) < 4.78 is 0. The first-order valence-electron chi connectivity index (χ1n) is 6.15. The molecule has 1 unspecified atom stereocenters. The molecule has 1 N–H and O–H groups in total.